The fraction of sp³-hybridized carbons (Fsp3) is 0.500. The quantitative estimate of drug-likeness (QED) is 0.662. The normalized spacial score (nSPS) is 25.9. The molecule has 0 radical (unpaired) electrons. The molecule has 1 fully saturated rings. The summed E-state index contributed by atoms with van der Waals surface area (Å²) in [7, 11) is 2.09. The summed E-state index contributed by atoms with van der Waals surface area (Å²) in [5.41, 5.74) is 6.52. The number of likely N-dealkylation sites (N-methyl/N-ethyl adjacent to an activating group) is 1. The number of para-hydroxylation sites is 2. The summed E-state index contributed by atoms with van der Waals surface area (Å²) in [4.78, 5) is 2.25. The Bertz CT molecular complexity index is 369. The van der Waals surface area contributed by atoms with Gasteiger partial charge in [0.05, 0.1) is 11.2 Å². The highest BCUT2D eigenvalue weighted by Crippen LogP contribution is 2.29. The van der Waals surface area contributed by atoms with Crippen LogP contribution in [0.25, 0.3) is 0 Å². The fourth-order valence-corrected chi connectivity index (χ4v) is 2.26. The van der Waals surface area contributed by atoms with Crippen LogP contribution in [0.4, 0.5) is 5.69 Å². The molecule has 0 aromatic heterocycles. The first-order valence-corrected chi connectivity index (χ1v) is 5.60. The Kier molecular flexibility index (Phi) is 3.03. The van der Waals surface area contributed by atoms with Crippen molar-refractivity contribution >= 4 is 5.69 Å². The molecular formula is C12H19N3O. The number of aromatic hydroxyl groups is 1. The number of likely N-dealkylation sites (tertiary alicyclic amines) is 1. The molecule has 1 atom stereocenters. The zero-order valence-electron chi connectivity index (χ0n) is 9.61. The SMILES string of the molecule is CN1CCC(CN)(Nc2ccccc2O)C1. The van der Waals surface area contributed by atoms with Gasteiger partial charge in [0.2, 0.25) is 0 Å². The lowest BCUT2D eigenvalue weighted by Crippen LogP contribution is -2.47. The maximum atomic E-state index is 9.73. The number of nitrogens with two attached hydrogens (primary N) is 1. The Hall–Kier alpha value is -1.26. The average Bonchev–Trinajstić information content (AvgIpc) is 2.65. The number of phenolic OH excluding ortho intramolecular Hbond substituents is 1. The van der Waals surface area contributed by atoms with Crippen LogP contribution < -0.4 is 11.1 Å². The number of phenols is 1. The van der Waals surface area contributed by atoms with E-state index in [-0.39, 0.29) is 11.3 Å². The maximum Gasteiger partial charge on any atom is 0.138 e. The summed E-state index contributed by atoms with van der Waals surface area (Å²) >= 11 is 0. The predicted molar refractivity (Wildman–Crippen MR) is 65.6 cm³/mol. The molecule has 4 nitrogen and oxygen atoms in total. The Balaban J connectivity index is 2.16. The molecule has 1 aromatic carbocycles. The number of anilines is 1. The van der Waals surface area contributed by atoms with Crippen molar-refractivity contribution in [3.8, 4) is 5.75 Å². The van der Waals surface area contributed by atoms with Crippen molar-refractivity contribution in [2.24, 2.45) is 5.73 Å². The zero-order chi connectivity index (χ0) is 11.6. The summed E-state index contributed by atoms with van der Waals surface area (Å²) in [6.45, 7) is 2.53. The largest absolute Gasteiger partial charge is 0.506 e. The molecule has 1 aliphatic heterocycles. The van der Waals surface area contributed by atoms with E-state index in [0.29, 0.717) is 6.54 Å². The summed E-state index contributed by atoms with van der Waals surface area (Å²) < 4.78 is 0. The highest BCUT2D eigenvalue weighted by molar-refractivity contribution is 5.57. The molecule has 1 aromatic rings. The minimum Gasteiger partial charge on any atom is -0.506 e. The van der Waals surface area contributed by atoms with Gasteiger partial charge < -0.3 is 21.1 Å². The van der Waals surface area contributed by atoms with Gasteiger partial charge in [0, 0.05) is 19.6 Å². The number of hydrogen-bond donors (Lipinski definition) is 3. The summed E-state index contributed by atoms with van der Waals surface area (Å²) in [6.07, 6.45) is 1.01. The van der Waals surface area contributed by atoms with Crippen molar-refractivity contribution in [1.82, 2.24) is 4.90 Å². The van der Waals surface area contributed by atoms with Crippen molar-refractivity contribution in [2.75, 3.05) is 32.0 Å². The first kappa shape index (κ1) is 11.2. The lowest BCUT2D eigenvalue weighted by Gasteiger charge is -2.30. The fourth-order valence-electron chi connectivity index (χ4n) is 2.26. The van der Waals surface area contributed by atoms with E-state index in [9.17, 15) is 5.11 Å². The second-order valence-corrected chi connectivity index (χ2v) is 4.61. The van der Waals surface area contributed by atoms with E-state index in [4.69, 9.17) is 5.73 Å². The molecule has 4 N–H and O–H groups in total. The standard InChI is InChI=1S/C12H19N3O/c1-15-7-6-12(8-13,9-15)14-10-4-2-3-5-11(10)16/h2-5,14,16H,6-9,13H2,1H3. The lowest BCUT2D eigenvalue weighted by atomic mass is 9.98. The maximum absolute atomic E-state index is 9.73. The van der Waals surface area contributed by atoms with Crippen LogP contribution in [0.2, 0.25) is 0 Å². The van der Waals surface area contributed by atoms with E-state index < -0.39 is 0 Å². The van der Waals surface area contributed by atoms with Crippen LogP contribution >= 0.6 is 0 Å². The monoisotopic (exact) mass is 221 g/mol. The first-order chi connectivity index (χ1) is 7.65. The van der Waals surface area contributed by atoms with Crippen LogP contribution in [0.1, 0.15) is 6.42 Å². The highest BCUT2D eigenvalue weighted by atomic mass is 16.3. The topological polar surface area (TPSA) is 61.5 Å². The molecule has 16 heavy (non-hydrogen) atoms. The van der Waals surface area contributed by atoms with Gasteiger partial charge >= 0.3 is 0 Å². The van der Waals surface area contributed by atoms with Crippen molar-refractivity contribution < 1.29 is 5.11 Å². The van der Waals surface area contributed by atoms with Gasteiger partial charge in [0.1, 0.15) is 5.75 Å². The number of nitrogens with zero attached hydrogens (tertiary/aromatic N) is 1. The third-order valence-electron chi connectivity index (χ3n) is 3.24. The second-order valence-electron chi connectivity index (χ2n) is 4.61. The molecule has 1 saturated heterocycles. The molecular weight excluding hydrogens is 202 g/mol. The van der Waals surface area contributed by atoms with Crippen LogP contribution in [0, 0.1) is 0 Å². The van der Waals surface area contributed by atoms with E-state index in [0.717, 1.165) is 25.2 Å². The van der Waals surface area contributed by atoms with Crippen LogP contribution in [0.5, 0.6) is 5.75 Å². The number of rotatable bonds is 3. The van der Waals surface area contributed by atoms with Crippen LogP contribution in [-0.2, 0) is 0 Å². The molecule has 0 bridgehead atoms. The van der Waals surface area contributed by atoms with Gasteiger partial charge in [-0.25, -0.2) is 0 Å². The Morgan fingerprint density at radius 1 is 1.50 bits per heavy atom. The van der Waals surface area contributed by atoms with E-state index in [1.165, 1.54) is 0 Å². The minimum atomic E-state index is -0.104. The average molecular weight is 221 g/mol. The lowest BCUT2D eigenvalue weighted by molar-refractivity contribution is 0.384. The van der Waals surface area contributed by atoms with E-state index in [1.54, 1.807) is 6.07 Å². The van der Waals surface area contributed by atoms with Crippen molar-refractivity contribution in [2.45, 2.75) is 12.0 Å². The number of nitrogens with one attached hydrogen (secondary N) is 1. The highest BCUT2D eigenvalue weighted by Gasteiger charge is 2.35. The van der Waals surface area contributed by atoms with E-state index >= 15 is 0 Å². The molecule has 2 rings (SSSR count). The van der Waals surface area contributed by atoms with Gasteiger partial charge in [-0.2, -0.15) is 0 Å². The Labute approximate surface area is 96.1 Å². The van der Waals surface area contributed by atoms with Crippen molar-refractivity contribution in [3.05, 3.63) is 24.3 Å². The molecule has 88 valence electrons. The van der Waals surface area contributed by atoms with Crippen molar-refractivity contribution in [1.29, 1.82) is 0 Å². The minimum absolute atomic E-state index is 0.104. The Morgan fingerprint density at radius 2 is 2.25 bits per heavy atom. The zero-order valence-corrected chi connectivity index (χ0v) is 9.61. The van der Waals surface area contributed by atoms with Gasteiger partial charge in [-0.1, -0.05) is 12.1 Å². The molecule has 0 spiro atoms. The van der Waals surface area contributed by atoms with Crippen LogP contribution in [0.15, 0.2) is 24.3 Å². The van der Waals surface area contributed by atoms with Gasteiger partial charge in [0.15, 0.2) is 0 Å². The molecule has 1 heterocycles. The first-order valence-electron chi connectivity index (χ1n) is 5.60. The van der Waals surface area contributed by atoms with Gasteiger partial charge in [-0.05, 0) is 25.6 Å². The van der Waals surface area contributed by atoms with Crippen molar-refractivity contribution in [3.63, 3.8) is 0 Å². The molecule has 0 amide bonds. The van der Waals surface area contributed by atoms with Gasteiger partial charge in [-0.15, -0.1) is 0 Å². The molecule has 1 unspecified atom stereocenters. The second kappa shape index (κ2) is 4.31. The summed E-state index contributed by atoms with van der Waals surface area (Å²) in [5.74, 6) is 0.282. The third-order valence-corrected chi connectivity index (χ3v) is 3.24. The summed E-state index contributed by atoms with van der Waals surface area (Å²) in [6, 6.07) is 7.29. The smallest absolute Gasteiger partial charge is 0.138 e. The Morgan fingerprint density at radius 3 is 2.81 bits per heavy atom. The molecule has 1 aliphatic rings. The third kappa shape index (κ3) is 2.13. The van der Waals surface area contributed by atoms with Gasteiger partial charge in [0.25, 0.3) is 0 Å². The molecule has 4 heteroatoms. The van der Waals surface area contributed by atoms with Gasteiger partial charge in [-0.3, -0.25) is 0 Å². The van der Waals surface area contributed by atoms with E-state index in [1.807, 2.05) is 18.2 Å². The molecule has 0 aliphatic carbocycles. The van der Waals surface area contributed by atoms with Crippen LogP contribution in [-0.4, -0.2) is 42.2 Å². The van der Waals surface area contributed by atoms with Crippen LogP contribution in [0.3, 0.4) is 0 Å². The van der Waals surface area contributed by atoms with E-state index in [2.05, 4.69) is 17.3 Å². The predicted octanol–water partition coefficient (Wildman–Crippen LogP) is 0.837. The molecule has 0 saturated carbocycles. The summed E-state index contributed by atoms with van der Waals surface area (Å²) in [5, 5.41) is 13.1. The number of benzene rings is 1. The number of hydrogen-bond acceptors (Lipinski definition) is 4.